The van der Waals surface area contributed by atoms with E-state index < -0.39 is 52.8 Å². The van der Waals surface area contributed by atoms with Gasteiger partial charge >= 0.3 is 11.9 Å². The summed E-state index contributed by atoms with van der Waals surface area (Å²) in [6.45, 7) is 19.0. The van der Waals surface area contributed by atoms with Crippen LogP contribution in [0.2, 0.25) is 0 Å². The second-order valence-electron chi connectivity index (χ2n) is 10.5. The van der Waals surface area contributed by atoms with Crippen molar-refractivity contribution in [3.8, 4) is 0 Å². The highest BCUT2D eigenvalue weighted by Crippen LogP contribution is 2.34. The molecule has 30 heavy (non-hydrogen) atoms. The SMILES string of the molecule is C=C(C(=O)OC(C)(C)C)[C@@H]1C[C@H](C(=O)OC(C)(C)C)N[C@H]1[C@@H](NC(C)=O)C(C)(C)O. The molecule has 0 aromatic carbocycles. The lowest BCUT2D eigenvalue weighted by molar-refractivity contribution is -0.157. The topological polar surface area (TPSA) is 114 Å². The highest BCUT2D eigenvalue weighted by molar-refractivity contribution is 5.89. The van der Waals surface area contributed by atoms with Crippen molar-refractivity contribution in [2.45, 2.75) is 104 Å². The molecule has 0 radical (unpaired) electrons. The Hall–Kier alpha value is -1.93. The molecule has 0 aromatic heterocycles. The van der Waals surface area contributed by atoms with Crippen molar-refractivity contribution in [2.75, 3.05) is 0 Å². The van der Waals surface area contributed by atoms with Crippen LogP contribution in [-0.4, -0.2) is 57.9 Å². The Labute approximate surface area is 179 Å². The Bertz CT molecular complexity index is 681. The molecule has 0 aromatic rings. The first-order valence-corrected chi connectivity index (χ1v) is 10.2. The molecule has 0 saturated carbocycles. The van der Waals surface area contributed by atoms with Crippen LogP contribution in [0.3, 0.4) is 0 Å². The molecule has 1 fully saturated rings. The van der Waals surface area contributed by atoms with Gasteiger partial charge in [-0.25, -0.2) is 4.79 Å². The molecular formula is C22H38N2O6. The predicted octanol–water partition coefficient (Wildman–Crippen LogP) is 1.85. The summed E-state index contributed by atoms with van der Waals surface area (Å²) < 4.78 is 10.9. The monoisotopic (exact) mass is 426 g/mol. The number of aliphatic hydroxyl groups is 1. The first-order valence-electron chi connectivity index (χ1n) is 10.2. The zero-order chi connectivity index (χ0) is 23.7. The van der Waals surface area contributed by atoms with Gasteiger partial charge in [-0.1, -0.05) is 6.58 Å². The van der Waals surface area contributed by atoms with E-state index in [9.17, 15) is 19.5 Å². The summed E-state index contributed by atoms with van der Waals surface area (Å²) in [5, 5.41) is 16.6. The van der Waals surface area contributed by atoms with Gasteiger partial charge in [0.05, 0.1) is 11.6 Å². The minimum atomic E-state index is -1.33. The van der Waals surface area contributed by atoms with E-state index in [4.69, 9.17) is 9.47 Å². The number of ether oxygens (including phenoxy) is 2. The van der Waals surface area contributed by atoms with Gasteiger partial charge in [0.25, 0.3) is 0 Å². The summed E-state index contributed by atoms with van der Waals surface area (Å²) in [5.41, 5.74) is -2.55. The number of hydrogen-bond acceptors (Lipinski definition) is 7. The van der Waals surface area contributed by atoms with Crippen molar-refractivity contribution in [3.63, 3.8) is 0 Å². The fourth-order valence-electron chi connectivity index (χ4n) is 3.46. The van der Waals surface area contributed by atoms with Gasteiger partial charge in [0.2, 0.25) is 5.91 Å². The maximum absolute atomic E-state index is 12.7. The van der Waals surface area contributed by atoms with Crippen LogP contribution in [0.4, 0.5) is 0 Å². The molecule has 1 amide bonds. The Morgan fingerprint density at radius 1 is 1.03 bits per heavy atom. The van der Waals surface area contributed by atoms with E-state index in [-0.39, 0.29) is 17.9 Å². The third-order valence-electron chi connectivity index (χ3n) is 4.60. The number of amides is 1. The number of nitrogens with one attached hydrogen (secondary N) is 2. The molecule has 1 aliphatic rings. The highest BCUT2D eigenvalue weighted by atomic mass is 16.6. The number of hydrogen-bond donors (Lipinski definition) is 3. The normalized spacial score (nSPS) is 23.5. The molecule has 1 aliphatic heterocycles. The molecule has 8 nitrogen and oxygen atoms in total. The zero-order valence-electron chi connectivity index (χ0n) is 19.7. The van der Waals surface area contributed by atoms with Crippen LogP contribution in [0, 0.1) is 5.92 Å². The lowest BCUT2D eigenvalue weighted by Crippen LogP contribution is -2.61. The summed E-state index contributed by atoms with van der Waals surface area (Å²) in [5.74, 6) is -1.95. The molecule has 1 heterocycles. The third-order valence-corrected chi connectivity index (χ3v) is 4.60. The lowest BCUT2D eigenvalue weighted by atomic mass is 9.81. The average Bonchev–Trinajstić information content (AvgIpc) is 2.92. The van der Waals surface area contributed by atoms with Crippen LogP contribution in [0.15, 0.2) is 12.2 Å². The molecule has 1 rings (SSSR count). The van der Waals surface area contributed by atoms with Crippen LogP contribution in [0.5, 0.6) is 0 Å². The zero-order valence-corrected chi connectivity index (χ0v) is 19.7. The van der Waals surface area contributed by atoms with E-state index in [0.29, 0.717) is 0 Å². The minimum absolute atomic E-state index is 0.174. The first kappa shape index (κ1) is 26.1. The van der Waals surface area contributed by atoms with Crippen molar-refractivity contribution in [1.82, 2.24) is 10.6 Å². The molecule has 3 N–H and O–H groups in total. The molecule has 4 atom stereocenters. The Morgan fingerprint density at radius 2 is 1.53 bits per heavy atom. The lowest BCUT2D eigenvalue weighted by Gasteiger charge is -2.37. The van der Waals surface area contributed by atoms with Gasteiger partial charge in [0, 0.05) is 24.5 Å². The molecular weight excluding hydrogens is 388 g/mol. The molecule has 8 heteroatoms. The fourth-order valence-corrected chi connectivity index (χ4v) is 3.46. The van der Waals surface area contributed by atoms with Crippen molar-refractivity contribution in [2.24, 2.45) is 5.92 Å². The third kappa shape index (κ3) is 7.72. The van der Waals surface area contributed by atoms with Crippen LogP contribution < -0.4 is 10.6 Å². The predicted molar refractivity (Wildman–Crippen MR) is 114 cm³/mol. The van der Waals surface area contributed by atoms with Crippen molar-refractivity contribution < 1.29 is 29.0 Å². The minimum Gasteiger partial charge on any atom is -0.459 e. The summed E-state index contributed by atoms with van der Waals surface area (Å²) in [7, 11) is 0. The smallest absolute Gasteiger partial charge is 0.334 e. The van der Waals surface area contributed by atoms with E-state index in [0.717, 1.165) is 0 Å². The van der Waals surface area contributed by atoms with E-state index >= 15 is 0 Å². The van der Waals surface area contributed by atoms with Gasteiger partial charge in [0.15, 0.2) is 0 Å². The van der Waals surface area contributed by atoms with E-state index in [1.54, 1.807) is 55.4 Å². The van der Waals surface area contributed by atoms with Crippen molar-refractivity contribution >= 4 is 17.8 Å². The summed E-state index contributed by atoms with van der Waals surface area (Å²) >= 11 is 0. The van der Waals surface area contributed by atoms with Crippen molar-refractivity contribution in [3.05, 3.63) is 12.2 Å². The highest BCUT2D eigenvalue weighted by Gasteiger charge is 2.49. The van der Waals surface area contributed by atoms with Gasteiger partial charge in [0.1, 0.15) is 17.2 Å². The maximum atomic E-state index is 12.7. The standard InChI is InChI=1S/C22H38N2O6/c1-12(18(26)29-20(3,4)5)14-11-15(19(27)30-21(6,7)8)24-16(14)17(22(9,10)28)23-13(2)25/h14-17,24,28H,1,11H2,2-10H3,(H,23,25)/t14-,15+,16+,17+/m0/s1. The fraction of sp³-hybridized carbons (Fsp3) is 0.773. The molecule has 0 spiro atoms. The van der Waals surface area contributed by atoms with Gasteiger partial charge in [-0.2, -0.15) is 0 Å². The second-order valence-corrected chi connectivity index (χ2v) is 10.5. The number of rotatable bonds is 6. The van der Waals surface area contributed by atoms with Gasteiger partial charge in [-0.05, 0) is 61.8 Å². The van der Waals surface area contributed by atoms with E-state index in [1.807, 2.05) is 0 Å². The first-order chi connectivity index (χ1) is 13.3. The molecule has 0 aliphatic carbocycles. The quantitative estimate of drug-likeness (QED) is 0.439. The van der Waals surface area contributed by atoms with Gasteiger partial charge < -0.3 is 19.9 Å². The van der Waals surface area contributed by atoms with Gasteiger partial charge in [-0.15, -0.1) is 0 Å². The van der Waals surface area contributed by atoms with E-state index in [2.05, 4.69) is 17.2 Å². The molecule has 0 unspecified atom stereocenters. The number of esters is 2. The Balaban J connectivity index is 3.26. The summed E-state index contributed by atoms with van der Waals surface area (Å²) in [4.78, 5) is 37.2. The molecule has 0 bridgehead atoms. The molecule has 1 saturated heterocycles. The van der Waals surface area contributed by atoms with Crippen LogP contribution in [-0.2, 0) is 23.9 Å². The Kier molecular flexibility index (Phi) is 7.88. The van der Waals surface area contributed by atoms with Crippen LogP contribution >= 0.6 is 0 Å². The number of carbonyl (C=O) groups excluding carboxylic acids is 3. The average molecular weight is 427 g/mol. The summed E-state index contributed by atoms with van der Waals surface area (Å²) in [6, 6.07) is -2.14. The largest absolute Gasteiger partial charge is 0.459 e. The second kappa shape index (κ2) is 9.06. The maximum Gasteiger partial charge on any atom is 0.334 e. The van der Waals surface area contributed by atoms with E-state index in [1.165, 1.54) is 6.92 Å². The molecule has 172 valence electrons. The summed E-state index contributed by atoms with van der Waals surface area (Å²) in [6.07, 6.45) is 0.226. The van der Waals surface area contributed by atoms with Gasteiger partial charge in [-0.3, -0.25) is 14.9 Å². The van der Waals surface area contributed by atoms with Crippen LogP contribution in [0.25, 0.3) is 0 Å². The van der Waals surface area contributed by atoms with Crippen LogP contribution in [0.1, 0.15) is 68.7 Å². The van der Waals surface area contributed by atoms with Crippen molar-refractivity contribution in [1.29, 1.82) is 0 Å². The number of carbonyl (C=O) groups is 3. The Morgan fingerprint density at radius 3 is 1.93 bits per heavy atom.